The van der Waals surface area contributed by atoms with E-state index in [1.807, 2.05) is 25.5 Å². The fraction of sp³-hybridized carbons (Fsp3) is 0.533. The molecule has 0 amide bonds. The molecule has 0 spiro atoms. The highest BCUT2D eigenvalue weighted by Gasteiger charge is 2.20. The van der Waals surface area contributed by atoms with Crippen LogP contribution in [0, 0.1) is 6.92 Å². The van der Waals surface area contributed by atoms with Crippen molar-refractivity contribution in [2.45, 2.75) is 13.5 Å². The lowest BCUT2D eigenvalue weighted by atomic mass is 10.2. The predicted octanol–water partition coefficient (Wildman–Crippen LogP) is 0.831. The minimum Gasteiger partial charge on any atom is -0.481 e. The summed E-state index contributed by atoms with van der Waals surface area (Å²) >= 11 is 1.67. The molecule has 0 saturated carbocycles. The maximum atomic E-state index is 6.19. The number of guanidine groups is 1. The number of piperazine rings is 1. The molecule has 3 heterocycles. The van der Waals surface area contributed by atoms with E-state index < -0.39 is 0 Å². The molecular formula is C15H23N7OS. The van der Waals surface area contributed by atoms with Gasteiger partial charge in [0.2, 0.25) is 5.88 Å². The van der Waals surface area contributed by atoms with Crippen LogP contribution in [-0.4, -0.2) is 58.9 Å². The van der Waals surface area contributed by atoms with Crippen molar-refractivity contribution >= 4 is 22.4 Å². The number of thiazole rings is 1. The second-order valence-corrected chi connectivity index (χ2v) is 6.53. The first-order chi connectivity index (χ1) is 11.6. The zero-order chi connectivity index (χ0) is 17.1. The Balaban J connectivity index is 1.61. The number of ether oxygens (including phenoxy) is 1. The van der Waals surface area contributed by atoms with E-state index in [4.69, 9.17) is 10.5 Å². The van der Waals surface area contributed by atoms with Crippen molar-refractivity contribution in [1.29, 1.82) is 0 Å². The van der Waals surface area contributed by atoms with Crippen LogP contribution in [0.3, 0.4) is 0 Å². The van der Waals surface area contributed by atoms with Gasteiger partial charge in [-0.05, 0) is 6.92 Å². The van der Waals surface area contributed by atoms with Crippen molar-refractivity contribution in [2.75, 3.05) is 38.2 Å². The van der Waals surface area contributed by atoms with E-state index in [-0.39, 0.29) is 0 Å². The fourth-order valence-corrected chi connectivity index (χ4v) is 3.57. The first kappa shape index (κ1) is 16.6. The second kappa shape index (κ2) is 7.08. The topological polar surface area (TPSA) is 84.8 Å². The van der Waals surface area contributed by atoms with Gasteiger partial charge in [-0.2, -0.15) is 5.10 Å². The van der Waals surface area contributed by atoms with Crippen molar-refractivity contribution in [3.63, 3.8) is 0 Å². The molecule has 130 valence electrons. The largest absolute Gasteiger partial charge is 0.481 e. The van der Waals surface area contributed by atoms with Crippen LogP contribution in [0.25, 0.3) is 0 Å². The number of nitrogens with zero attached hydrogens (tertiary/aromatic N) is 6. The Hall–Kier alpha value is -2.29. The summed E-state index contributed by atoms with van der Waals surface area (Å²) in [6.07, 6.45) is 1.84. The summed E-state index contributed by atoms with van der Waals surface area (Å²) in [5.41, 5.74) is 8.08. The number of methoxy groups -OCH3 is 1. The van der Waals surface area contributed by atoms with E-state index in [1.165, 1.54) is 0 Å². The van der Waals surface area contributed by atoms with Crippen molar-refractivity contribution in [3.8, 4) is 5.88 Å². The predicted molar refractivity (Wildman–Crippen MR) is 95.7 cm³/mol. The smallest absolute Gasteiger partial charge is 0.216 e. The quantitative estimate of drug-likeness (QED) is 0.650. The van der Waals surface area contributed by atoms with Crippen molar-refractivity contribution < 1.29 is 4.74 Å². The number of nitrogens with two attached hydrogens (primary N) is 1. The summed E-state index contributed by atoms with van der Waals surface area (Å²) in [6, 6.07) is 0. The Morgan fingerprint density at radius 3 is 2.75 bits per heavy atom. The maximum Gasteiger partial charge on any atom is 0.216 e. The summed E-state index contributed by atoms with van der Waals surface area (Å²) in [5.74, 6) is 1.30. The van der Waals surface area contributed by atoms with E-state index in [9.17, 15) is 0 Å². The zero-order valence-corrected chi connectivity index (χ0v) is 15.1. The van der Waals surface area contributed by atoms with Crippen LogP contribution in [0.2, 0.25) is 0 Å². The van der Waals surface area contributed by atoms with Crippen LogP contribution in [0.1, 0.15) is 11.3 Å². The highest BCUT2D eigenvalue weighted by atomic mass is 32.1. The summed E-state index contributed by atoms with van der Waals surface area (Å²) in [7, 11) is 3.51. The molecule has 3 rings (SSSR count). The van der Waals surface area contributed by atoms with Gasteiger partial charge in [-0.25, -0.2) is 14.7 Å². The van der Waals surface area contributed by atoms with Crippen LogP contribution < -0.4 is 15.4 Å². The van der Waals surface area contributed by atoms with Gasteiger partial charge in [-0.1, -0.05) is 0 Å². The van der Waals surface area contributed by atoms with Gasteiger partial charge in [0.1, 0.15) is 0 Å². The molecule has 0 aromatic carbocycles. The van der Waals surface area contributed by atoms with Gasteiger partial charge in [0.15, 0.2) is 11.1 Å². The number of aliphatic imine (C=N–C) groups is 1. The number of aromatic nitrogens is 3. The van der Waals surface area contributed by atoms with Gasteiger partial charge in [-0.3, -0.25) is 0 Å². The van der Waals surface area contributed by atoms with E-state index in [0.29, 0.717) is 12.5 Å². The van der Waals surface area contributed by atoms with Crippen LogP contribution in [0.4, 0.5) is 5.13 Å². The fourth-order valence-electron chi connectivity index (χ4n) is 2.88. The summed E-state index contributed by atoms with van der Waals surface area (Å²) in [4.78, 5) is 13.3. The minimum atomic E-state index is 0.474. The zero-order valence-electron chi connectivity index (χ0n) is 14.3. The molecule has 0 unspecified atom stereocenters. The molecule has 0 radical (unpaired) electrons. The number of rotatable bonds is 4. The molecule has 9 heteroatoms. The standard InChI is InChI=1S/C15H23N7OS/c1-11-12(13(23-3)20(2)19-11)10-18-14(16)21-5-7-22(8-6-21)15-17-4-9-24-15/h4,9H,5-8,10H2,1-3H3,(H2,16,18). The normalized spacial score (nSPS) is 15.9. The Labute approximate surface area is 145 Å². The third-order valence-corrected chi connectivity index (χ3v) is 5.01. The molecule has 0 bridgehead atoms. The van der Waals surface area contributed by atoms with Crippen molar-refractivity contribution in [1.82, 2.24) is 19.7 Å². The lowest BCUT2D eigenvalue weighted by Crippen LogP contribution is -2.51. The van der Waals surface area contributed by atoms with Gasteiger partial charge in [0, 0.05) is 44.8 Å². The van der Waals surface area contributed by atoms with Gasteiger partial charge in [-0.15, -0.1) is 11.3 Å². The first-order valence-electron chi connectivity index (χ1n) is 7.86. The maximum absolute atomic E-state index is 6.19. The summed E-state index contributed by atoms with van der Waals surface area (Å²) < 4.78 is 7.12. The molecule has 24 heavy (non-hydrogen) atoms. The van der Waals surface area contributed by atoms with Crippen molar-refractivity contribution in [3.05, 3.63) is 22.8 Å². The third kappa shape index (κ3) is 3.30. The average molecular weight is 349 g/mol. The van der Waals surface area contributed by atoms with Crippen LogP contribution in [-0.2, 0) is 13.6 Å². The summed E-state index contributed by atoms with van der Waals surface area (Å²) in [6.45, 7) is 5.92. The molecule has 0 atom stereocenters. The molecule has 0 aliphatic carbocycles. The Morgan fingerprint density at radius 2 is 2.12 bits per heavy atom. The van der Waals surface area contributed by atoms with Crippen LogP contribution >= 0.6 is 11.3 Å². The Kier molecular flexibility index (Phi) is 4.89. The average Bonchev–Trinajstić information content (AvgIpc) is 3.20. The molecule has 1 fully saturated rings. The highest BCUT2D eigenvalue weighted by molar-refractivity contribution is 7.13. The molecule has 1 saturated heterocycles. The molecule has 2 N–H and O–H groups in total. The number of anilines is 1. The van der Waals surface area contributed by atoms with Crippen molar-refractivity contribution in [2.24, 2.45) is 17.8 Å². The minimum absolute atomic E-state index is 0.474. The van der Waals surface area contributed by atoms with Crippen LogP contribution in [0.5, 0.6) is 5.88 Å². The number of hydrogen-bond acceptors (Lipinski definition) is 6. The first-order valence-corrected chi connectivity index (χ1v) is 8.74. The van der Waals surface area contributed by atoms with E-state index in [1.54, 1.807) is 23.1 Å². The number of aryl methyl sites for hydroxylation is 2. The molecule has 1 aliphatic rings. The number of hydrogen-bond donors (Lipinski definition) is 1. The van der Waals surface area contributed by atoms with Gasteiger partial charge in [0.05, 0.1) is 24.9 Å². The Morgan fingerprint density at radius 1 is 1.38 bits per heavy atom. The SMILES string of the molecule is COc1c(CN=C(N)N2CCN(c3nccs3)CC2)c(C)nn1C. The third-order valence-electron chi connectivity index (χ3n) is 4.17. The van der Waals surface area contributed by atoms with Gasteiger partial charge >= 0.3 is 0 Å². The highest BCUT2D eigenvalue weighted by Crippen LogP contribution is 2.22. The summed E-state index contributed by atoms with van der Waals surface area (Å²) in [5, 5.41) is 7.44. The van der Waals surface area contributed by atoms with Gasteiger partial charge in [0.25, 0.3) is 0 Å². The molecular weight excluding hydrogens is 326 g/mol. The molecule has 1 aliphatic heterocycles. The lowest BCUT2D eigenvalue weighted by Gasteiger charge is -2.35. The monoisotopic (exact) mass is 349 g/mol. The van der Waals surface area contributed by atoms with E-state index in [2.05, 4.69) is 24.9 Å². The Bertz CT molecular complexity index is 702. The molecule has 2 aromatic rings. The lowest BCUT2D eigenvalue weighted by molar-refractivity contribution is 0.368. The molecule has 2 aromatic heterocycles. The van der Waals surface area contributed by atoms with E-state index in [0.717, 1.165) is 48.4 Å². The second-order valence-electron chi connectivity index (χ2n) is 5.66. The van der Waals surface area contributed by atoms with Crippen LogP contribution in [0.15, 0.2) is 16.6 Å². The van der Waals surface area contributed by atoms with Gasteiger partial charge < -0.3 is 20.3 Å². The molecule has 8 nitrogen and oxygen atoms in total. The van der Waals surface area contributed by atoms with E-state index >= 15 is 0 Å².